The summed E-state index contributed by atoms with van der Waals surface area (Å²) in [5.74, 6) is 3.04. The number of hydrogen-bond acceptors (Lipinski definition) is 19. The van der Waals surface area contributed by atoms with Crippen LogP contribution in [0.2, 0.25) is 5.28 Å². The van der Waals surface area contributed by atoms with Gasteiger partial charge in [0.1, 0.15) is 17.2 Å². The predicted octanol–water partition coefficient (Wildman–Crippen LogP) is 12.9. The molecule has 476 valence electrons. The van der Waals surface area contributed by atoms with Gasteiger partial charge >= 0.3 is 0 Å². The number of likely N-dealkylation sites (N-methyl/N-ethyl adjacent to an activating group) is 3. The number of para-hydroxylation sites is 3. The van der Waals surface area contributed by atoms with Gasteiger partial charge in [0.2, 0.25) is 23.1 Å². The minimum absolute atomic E-state index is 0.253. The molecule has 0 spiro atoms. The number of ether oxygens (including phenoxy) is 3. The van der Waals surface area contributed by atoms with Crippen molar-refractivity contribution < 1.29 is 19.0 Å². The third-order valence-corrected chi connectivity index (χ3v) is 17.5. The number of piperazine rings is 3. The number of nitrogens with zero attached hydrogens (tertiary/aromatic N) is 12. The summed E-state index contributed by atoms with van der Waals surface area (Å²) in [7, 11) is 11.5. The SMILES string of the molecule is C=CC(=O)Nc1cccc(-c2cccc3cnc(Nc4ccc(N5CCN(C)CC5)cc4OC)nc23)c1.COc1cc(N2CCN(C)CC2)ccc1N.COc1cc(N2CCN(C)CC2)ccc1Nc1ncc2cccc(Br)c2n1.Clc1ncc2cccc(Br)c2n1. The minimum atomic E-state index is -0.253. The van der Waals surface area contributed by atoms with Gasteiger partial charge < -0.3 is 65.3 Å². The summed E-state index contributed by atoms with van der Waals surface area (Å²) in [6.45, 7) is 16.1. The molecule has 0 atom stereocenters. The molecule has 0 saturated carbocycles. The van der Waals surface area contributed by atoms with Crippen LogP contribution in [-0.2, 0) is 4.79 Å². The van der Waals surface area contributed by atoms with Crippen LogP contribution in [-0.4, -0.2) is 172 Å². The minimum Gasteiger partial charge on any atom is -0.495 e. The normalized spacial score (nSPS) is 14.4. The highest BCUT2D eigenvalue weighted by atomic mass is 79.9. The molecule has 13 rings (SSSR count). The third-order valence-electron chi connectivity index (χ3n) is 16.0. The fourth-order valence-electron chi connectivity index (χ4n) is 10.7. The Morgan fingerprint density at radius 1 is 0.522 bits per heavy atom. The van der Waals surface area contributed by atoms with Gasteiger partial charge in [-0.1, -0.05) is 61.2 Å². The maximum Gasteiger partial charge on any atom is 0.247 e. The van der Waals surface area contributed by atoms with Gasteiger partial charge in [-0.3, -0.25) is 4.79 Å². The first-order chi connectivity index (χ1) is 44.6. The quantitative estimate of drug-likeness (QED) is 0.0481. The predicted molar refractivity (Wildman–Crippen MR) is 382 cm³/mol. The number of carbonyl (C=O) groups excluding carboxylic acids is 1. The molecule has 3 aromatic heterocycles. The molecule has 7 aromatic carbocycles. The van der Waals surface area contributed by atoms with E-state index in [1.54, 1.807) is 27.5 Å². The molecule has 3 aliphatic rings. The maximum atomic E-state index is 11.8. The zero-order valence-electron chi connectivity index (χ0n) is 52.4. The monoisotopic (exact) mass is 1380 g/mol. The summed E-state index contributed by atoms with van der Waals surface area (Å²) in [4.78, 5) is 52.3. The summed E-state index contributed by atoms with van der Waals surface area (Å²) in [5, 5.41) is 12.6. The number of halogens is 3. The van der Waals surface area contributed by atoms with Gasteiger partial charge in [0, 0.05) is 169 Å². The van der Waals surface area contributed by atoms with Crippen LogP contribution >= 0.6 is 43.5 Å². The zero-order chi connectivity index (χ0) is 64.7. The summed E-state index contributed by atoms with van der Waals surface area (Å²) >= 11 is 12.6. The van der Waals surface area contributed by atoms with Gasteiger partial charge in [-0.2, -0.15) is 0 Å². The van der Waals surface area contributed by atoms with Crippen LogP contribution in [0.5, 0.6) is 17.2 Å². The molecule has 92 heavy (non-hydrogen) atoms. The van der Waals surface area contributed by atoms with Crippen molar-refractivity contribution in [3.63, 3.8) is 0 Å². The number of hydrogen-bond donors (Lipinski definition) is 4. The van der Waals surface area contributed by atoms with Crippen molar-refractivity contribution in [2.45, 2.75) is 0 Å². The molecule has 10 aromatic rings. The van der Waals surface area contributed by atoms with Gasteiger partial charge in [-0.25, -0.2) is 29.9 Å². The number of amides is 1. The molecule has 0 aliphatic carbocycles. The second-order valence-electron chi connectivity index (χ2n) is 22.2. The lowest BCUT2D eigenvalue weighted by Crippen LogP contribution is -2.44. The Bertz CT molecular complexity index is 4180. The molecule has 20 nitrogen and oxygen atoms in total. The van der Waals surface area contributed by atoms with E-state index in [-0.39, 0.29) is 11.2 Å². The largest absolute Gasteiger partial charge is 0.495 e. The van der Waals surface area contributed by atoms with Crippen LogP contribution in [0.25, 0.3) is 43.8 Å². The van der Waals surface area contributed by atoms with Crippen LogP contribution in [0, 0.1) is 0 Å². The lowest BCUT2D eigenvalue weighted by Gasteiger charge is -2.34. The summed E-state index contributed by atoms with van der Waals surface area (Å²) in [5.41, 5.74) is 16.7. The van der Waals surface area contributed by atoms with Crippen LogP contribution in [0.1, 0.15) is 0 Å². The van der Waals surface area contributed by atoms with Crippen molar-refractivity contribution in [2.24, 2.45) is 0 Å². The van der Waals surface area contributed by atoms with Gasteiger partial charge in [-0.05, 0) is 137 Å². The van der Waals surface area contributed by atoms with Gasteiger partial charge in [-0.15, -0.1) is 0 Å². The van der Waals surface area contributed by atoms with Crippen molar-refractivity contribution in [2.75, 3.05) is 157 Å². The molecule has 5 N–H and O–H groups in total. The van der Waals surface area contributed by atoms with E-state index in [1.807, 2.05) is 116 Å². The van der Waals surface area contributed by atoms with E-state index in [4.69, 9.17) is 36.5 Å². The van der Waals surface area contributed by atoms with Gasteiger partial charge in [0.25, 0.3) is 0 Å². The first-order valence-corrected chi connectivity index (χ1v) is 32.0. The number of fused-ring (bicyclic) bond motifs is 3. The number of nitrogens with two attached hydrogens (primary N) is 1. The molecule has 0 bridgehead atoms. The molecule has 0 unspecified atom stereocenters. The summed E-state index contributed by atoms with van der Waals surface area (Å²) in [6, 6.07) is 43.8. The van der Waals surface area contributed by atoms with Crippen molar-refractivity contribution in [1.82, 2.24) is 44.6 Å². The lowest BCUT2D eigenvalue weighted by molar-refractivity contribution is -0.111. The number of rotatable bonds is 13. The highest BCUT2D eigenvalue weighted by Crippen LogP contribution is 2.36. The van der Waals surface area contributed by atoms with E-state index in [2.05, 4.69) is 160 Å². The van der Waals surface area contributed by atoms with Crippen LogP contribution < -0.4 is 50.6 Å². The van der Waals surface area contributed by atoms with E-state index < -0.39 is 0 Å². The molecule has 23 heteroatoms. The van der Waals surface area contributed by atoms with Crippen molar-refractivity contribution >= 4 is 134 Å². The van der Waals surface area contributed by atoms with Gasteiger partial charge in [0.05, 0.1) is 54.9 Å². The maximum absolute atomic E-state index is 11.8. The highest BCUT2D eigenvalue weighted by molar-refractivity contribution is 9.11. The van der Waals surface area contributed by atoms with Crippen molar-refractivity contribution in [3.8, 4) is 28.4 Å². The Kier molecular flexibility index (Phi) is 22.6. The summed E-state index contributed by atoms with van der Waals surface area (Å²) in [6.07, 6.45) is 6.58. The molecular formula is C69H75Br2ClN16O4. The van der Waals surface area contributed by atoms with E-state index in [0.717, 1.165) is 166 Å². The van der Waals surface area contributed by atoms with Gasteiger partial charge in [0.15, 0.2) is 0 Å². The smallest absolute Gasteiger partial charge is 0.247 e. The number of carbonyl (C=O) groups is 1. The molecule has 0 radical (unpaired) electrons. The molecule has 6 heterocycles. The van der Waals surface area contributed by atoms with Crippen molar-refractivity contribution in [3.05, 3.63) is 179 Å². The Morgan fingerprint density at radius 3 is 1.43 bits per heavy atom. The first-order valence-electron chi connectivity index (χ1n) is 30.1. The Balaban J connectivity index is 0.000000146. The van der Waals surface area contributed by atoms with Crippen LogP contribution in [0.15, 0.2) is 174 Å². The number of anilines is 9. The number of nitrogens with one attached hydrogen (secondary N) is 3. The average molecular weight is 1390 g/mol. The van der Waals surface area contributed by atoms with E-state index in [0.29, 0.717) is 23.3 Å². The number of methoxy groups -OCH3 is 3. The molecule has 1 amide bonds. The third kappa shape index (κ3) is 17.0. The zero-order valence-corrected chi connectivity index (χ0v) is 56.3. The van der Waals surface area contributed by atoms with Crippen LogP contribution in [0.3, 0.4) is 0 Å². The van der Waals surface area contributed by atoms with Crippen LogP contribution in [0.4, 0.5) is 51.7 Å². The Labute approximate surface area is 558 Å². The number of aromatic nitrogens is 6. The molecule has 3 saturated heterocycles. The number of nitrogen functional groups attached to an aromatic ring is 1. The molecule has 3 aliphatic heterocycles. The lowest BCUT2D eigenvalue weighted by atomic mass is 10.0. The topological polar surface area (TPSA) is 204 Å². The van der Waals surface area contributed by atoms with Crippen molar-refractivity contribution in [1.29, 1.82) is 0 Å². The first kappa shape index (κ1) is 66.0. The second-order valence-corrected chi connectivity index (χ2v) is 24.3. The summed E-state index contributed by atoms with van der Waals surface area (Å²) < 4.78 is 18.4. The fraction of sp³-hybridized carbons (Fsp3) is 0.261. The fourth-order valence-corrected chi connectivity index (χ4v) is 11.7. The second kappa shape index (κ2) is 31.4. The molecule has 3 fully saturated rings. The van der Waals surface area contributed by atoms with E-state index in [1.165, 1.54) is 17.5 Å². The van der Waals surface area contributed by atoms with E-state index in [9.17, 15) is 4.79 Å². The highest BCUT2D eigenvalue weighted by Gasteiger charge is 2.20. The Morgan fingerprint density at radius 2 is 0.946 bits per heavy atom. The molecular weight excluding hydrogens is 1310 g/mol. The van der Waals surface area contributed by atoms with E-state index >= 15 is 0 Å². The number of benzene rings is 7. The average Bonchev–Trinajstić information content (AvgIpc) is 0.990. The standard InChI is InChI=1S/C29H30N6O2.C20H22BrN5O.C12H19N3O.C8H4BrClN2/c1-4-27(36)31-22-9-5-7-20(17-22)24-10-6-8-21-19-30-29(33-28(21)24)32-25-12-11-23(18-26(25)37-3)35-15-13-34(2)14-16-35;1-25-8-10-26(11-9-25)15-6-7-17(18(12-15)27-2)23-20-22-13-14-4-3-5-16(21)19(14)24-20;1-14-5-7-15(8-6-14)10-3-4-11(13)12(9-10)16-2;9-6-3-1-2-5-4-11-8(10)12-7(5)6/h4-12,17-19H,1,13-16H2,2-3H3,(H,31,36)(H,30,32,33);3-7,12-13H,8-11H2,1-2H3,(H,22,23,24);3-4,9H,5-8,13H2,1-2H3;1-4H. The Hall–Kier alpha value is -8.90.